The van der Waals surface area contributed by atoms with Gasteiger partial charge in [0, 0.05) is 6.20 Å². The second-order valence-electron chi connectivity index (χ2n) is 7.38. The van der Waals surface area contributed by atoms with Crippen molar-refractivity contribution in [2.45, 2.75) is 32.0 Å². The molecule has 0 spiro atoms. The van der Waals surface area contributed by atoms with E-state index in [1.165, 1.54) is 6.20 Å². The summed E-state index contributed by atoms with van der Waals surface area (Å²) in [6.45, 7) is 3.56. The quantitative estimate of drug-likeness (QED) is 0.469. The van der Waals surface area contributed by atoms with Gasteiger partial charge in [0.05, 0.1) is 34.6 Å². The van der Waals surface area contributed by atoms with Crippen LogP contribution in [0.3, 0.4) is 0 Å². The first-order valence-corrected chi connectivity index (χ1v) is 10.8. The van der Waals surface area contributed by atoms with Gasteiger partial charge in [0.15, 0.2) is 8.46 Å². The fourth-order valence-electron chi connectivity index (χ4n) is 3.62. The Labute approximate surface area is 183 Å². The van der Waals surface area contributed by atoms with Gasteiger partial charge in [-0.2, -0.15) is 23.3 Å². The minimum absolute atomic E-state index is 0.0556. The summed E-state index contributed by atoms with van der Waals surface area (Å²) < 4.78 is 54.0. The van der Waals surface area contributed by atoms with Gasteiger partial charge in [-0.25, -0.2) is 4.98 Å². The molecule has 3 heterocycles. The van der Waals surface area contributed by atoms with Gasteiger partial charge in [-0.15, -0.1) is 0 Å². The Morgan fingerprint density at radius 2 is 1.88 bits per heavy atom. The molecule has 4 rings (SSSR count). The molecule has 168 valence electrons. The summed E-state index contributed by atoms with van der Waals surface area (Å²) in [5.74, 6) is -0.444. The van der Waals surface area contributed by atoms with Crippen molar-refractivity contribution in [3.8, 4) is 0 Å². The molecule has 1 aliphatic heterocycles. The summed E-state index contributed by atoms with van der Waals surface area (Å²) in [4.78, 5) is 7.87. The number of hydrogen-bond donors (Lipinski definition) is 3. The number of nitrogens with one attached hydrogen (secondary N) is 3. The highest BCUT2D eigenvalue weighted by Gasteiger charge is 2.35. The molecular weight excluding hydrogens is 442 g/mol. The number of halogens is 3. The third-order valence-corrected chi connectivity index (χ3v) is 5.88. The number of alkyl halides is 3. The molecule has 0 atom stereocenters. The first kappa shape index (κ1) is 22.2. The number of hydrogen-bond acceptors (Lipinski definition) is 7. The number of benzene rings is 1. The lowest BCUT2D eigenvalue weighted by Crippen LogP contribution is -2.30. The predicted molar refractivity (Wildman–Crippen MR) is 115 cm³/mol. The predicted octanol–water partition coefficient (Wildman–Crippen LogP) is 4.33. The molecule has 2 aromatic heterocycles. The normalized spacial score (nSPS) is 15.1. The van der Waals surface area contributed by atoms with Crippen LogP contribution in [-0.2, 0) is 10.7 Å². The maximum absolute atomic E-state index is 13.6. The molecule has 1 aliphatic rings. The van der Waals surface area contributed by atoms with E-state index in [9.17, 15) is 17.7 Å². The lowest BCUT2D eigenvalue weighted by Gasteiger charge is -2.24. The molecule has 0 amide bonds. The molecule has 8 nitrogen and oxygen atoms in total. The molecule has 1 saturated heterocycles. The molecule has 0 aliphatic carbocycles. The van der Waals surface area contributed by atoms with Crippen LogP contribution in [-0.4, -0.2) is 32.8 Å². The molecule has 1 aromatic carbocycles. The largest absolute Gasteiger partial charge is 0.421 e. The van der Waals surface area contributed by atoms with E-state index >= 15 is 0 Å². The van der Waals surface area contributed by atoms with Gasteiger partial charge >= 0.3 is 6.18 Å². The lowest BCUT2D eigenvalue weighted by atomic mass is 10.1. The first-order valence-electron chi connectivity index (χ1n) is 10.0. The average molecular weight is 463 g/mol. The van der Waals surface area contributed by atoms with E-state index in [0.717, 1.165) is 37.8 Å². The molecule has 12 heteroatoms. The summed E-state index contributed by atoms with van der Waals surface area (Å²) in [6.07, 6.45) is -0.614. The van der Waals surface area contributed by atoms with Crippen molar-refractivity contribution in [1.82, 2.24) is 25.1 Å². The second kappa shape index (κ2) is 9.22. The Morgan fingerprint density at radius 1 is 1.12 bits per heavy atom. The van der Waals surface area contributed by atoms with E-state index in [4.69, 9.17) is 0 Å². The van der Waals surface area contributed by atoms with Crippen LogP contribution in [0.15, 0.2) is 36.7 Å². The number of aromatic nitrogens is 4. The van der Waals surface area contributed by atoms with Crippen LogP contribution < -0.4 is 21.3 Å². The summed E-state index contributed by atoms with van der Waals surface area (Å²) in [6, 6.07) is 6.87. The molecule has 0 radical (unpaired) electrons. The van der Waals surface area contributed by atoms with Crippen molar-refractivity contribution in [2.75, 3.05) is 23.7 Å². The fraction of sp³-hybridized carbons (Fsp3) is 0.350. The minimum atomic E-state index is -4.65. The van der Waals surface area contributed by atoms with Gasteiger partial charge < -0.3 is 16.0 Å². The first-order chi connectivity index (χ1) is 15.4. The van der Waals surface area contributed by atoms with Crippen molar-refractivity contribution >= 4 is 36.9 Å². The molecular formula is C20H21F3N7OP. The molecule has 1 fully saturated rings. The SMILES string of the molecule is Cc1c(Nc2nc(Nc3ccccc3P=O)ncc2C(F)(F)F)cnn1C1CCNCC1. The van der Waals surface area contributed by atoms with Crippen LogP contribution >= 0.6 is 8.46 Å². The Hall–Kier alpha value is -3.04. The molecule has 3 aromatic rings. The van der Waals surface area contributed by atoms with Gasteiger partial charge in [-0.05, 0) is 45.0 Å². The van der Waals surface area contributed by atoms with Gasteiger partial charge in [-0.3, -0.25) is 9.25 Å². The van der Waals surface area contributed by atoms with E-state index < -0.39 is 11.7 Å². The maximum Gasteiger partial charge on any atom is 0.421 e. The van der Waals surface area contributed by atoms with E-state index in [2.05, 4.69) is 31.0 Å². The number of piperidine rings is 1. The lowest BCUT2D eigenvalue weighted by molar-refractivity contribution is -0.137. The fourth-order valence-corrected chi connectivity index (χ4v) is 3.99. The average Bonchev–Trinajstić information content (AvgIpc) is 3.14. The van der Waals surface area contributed by atoms with Crippen molar-refractivity contribution in [3.05, 3.63) is 47.9 Å². The topological polar surface area (TPSA) is 96.8 Å². The highest BCUT2D eigenvalue weighted by Crippen LogP contribution is 2.36. The van der Waals surface area contributed by atoms with Crippen molar-refractivity contribution in [2.24, 2.45) is 0 Å². The van der Waals surface area contributed by atoms with Crippen molar-refractivity contribution < 1.29 is 17.7 Å². The van der Waals surface area contributed by atoms with Crippen LogP contribution in [0.25, 0.3) is 0 Å². The van der Waals surface area contributed by atoms with E-state index in [-0.39, 0.29) is 26.3 Å². The third kappa shape index (κ3) is 4.73. The number of nitrogens with zero attached hydrogens (tertiary/aromatic N) is 4. The van der Waals surface area contributed by atoms with Gasteiger partial charge in [0.2, 0.25) is 5.95 Å². The summed E-state index contributed by atoms with van der Waals surface area (Å²) in [7, 11) is -0.232. The standard InChI is InChI=1S/C20H21F3N7OP/c1-12-16(11-26-30(12)13-6-8-24-9-7-13)27-18-14(20(21,22)23)10-25-19(29-18)28-15-4-2-3-5-17(15)32-31/h2-5,10-11,13,24H,6-9H2,1H3,(H2,25,27,28,29). The van der Waals surface area contributed by atoms with Crippen LogP contribution in [0.4, 0.5) is 36.3 Å². The van der Waals surface area contributed by atoms with Crippen LogP contribution in [0, 0.1) is 6.92 Å². The van der Waals surface area contributed by atoms with E-state index in [1.54, 1.807) is 24.3 Å². The van der Waals surface area contributed by atoms with Gasteiger partial charge in [0.1, 0.15) is 11.4 Å². The molecule has 0 bridgehead atoms. The second-order valence-corrected chi connectivity index (χ2v) is 8.05. The Bertz CT molecular complexity index is 1110. The van der Waals surface area contributed by atoms with Crippen LogP contribution in [0.5, 0.6) is 0 Å². The summed E-state index contributed by atoms with van der Waals surface area (Å²) >= 11 is 0. The zero-order chi connectivity index (χ0) is 22.7. The third-order valence-electron chi connectivity index (χ3n) is 5.30. The zero-order valence-corrected chi connectivity index (χ0v) is 18.0. The molecule has 0 unspecified atom stereocenters. The Morgan fingerprint density at radius 3 is 2.59 bits per heavy atom. The molecule has 32 heavy (non-hydrogen) atoms. The number of para-hydroxylation sites is 1. The smallest absolute Gasteiger partial charge is 0.337 e. The maximum atomic E-state index is 13.6. The van der Waals surface area contributed by atoms with Crippen LogP contribution in [0.2, 0.25) is 0 Å². The van der Waals surface area contributed by atoms with Crippen molar-refractivity contribution in [1.29, 1.82) is 0 Å². The highest BCUT2D eigenvalue weighted by molar-refractivity contribution is 7.34. The minimum Gasteiger partial charge on any atom is -0.337 e. The van der Waals surface area contributed by atoms with Crippen molar-refractivity contribution in [3.63, 3.8) is 0 Å². The Balaban J connectivity index is 1.65. The van der Waals surface area contributed by atoms with Gasteiger partial charge in [-0.1, -0.05) is 12.1 Å². The van der Waals surface area contributed by atoms with Crippen LogP contribution in [0.1, 0.15) is 30.1 Å². The molecule has 0 saturated carbocycles. The summed E-state index contributed by atoms with van der Waals surface area (Å²) in [5, 5.41) is 13.7. The van der Waals surface area contributed by atoms with Gasteiger partial charge in [0.25, 0.3) is 0 Å². The number of anilines is 4. The Kier molecular flexibility index (Phi) is 6.38. The molecule has 3 N–H and O–H groups in total. The van der Waals surface area contributed by atoms with E-state index in [0.29, 0.717) is 16.7 Å². The monoisotopic (exact) mass is 463 g/mol. The number of rotatable bonds is 6. The summed E-state index contributed by atoms with van der Waals surface area (Å²) in [5.41, 5.74) is 0.614. The zero-order valence-electron chi connectivity index (χ0n) is 17.1. The van der Waals surface area contributed by atoms with E-state index in [1.807, 2.05) is 11.6 Å². The highest BCUT2D eigenvalue weighted by atomic mass is 31.1.